The summed E-state index contributed by atoms with van der Waals surface area (Å²) in [7, 11) is 0. The number of benzene rings is 6. The molecule has 0 radical (unpaired) electrons. The molecule has 3 nitrogen and oxygen atoms in total. The zero-order chi connectivity index (χ0) is 61.0. The number of hydrogen-bond acceptors (Lipinski definition) is 4. The molecule has 8 aromatic rings. The van der Waals surface area contributed by atoms with Crippen molar-refractivity contribution in [2.75, 3.05) is 9.80 Å². The van der Waals surface area contributed by atoms with E-state index in [9.17, 15) is 0 Å². The maximum atomic E-state index is 8.07. The van der Waals surface area contributed by atoms with Crippen molar-refractivity contribution in [3.05, 3.63) is 163 Å². The van der Waals surface area contributed by atoms with E-state index in [1.807, 2.05) is 0 Å². The predicted molar refractivity (Wildman–Crippen MR) is 371 cm³/mol. The van der Waals surface area contributed by atoms with Crippen LogP contribution in [0.25, 0.3) is 21.1 Å². The summed E-state index contributed by atoms with van der Waals surface area (Å²) >= 11 is 2.08. The fourth-order valence-electron chi connectivity index (χ4n) is 21.0. The smallest absolute Gasteiger partial charge is 0.305 e. The van der Waals surface area contributed by atoms with Crippen molar-refractivity contribution in [3.8, 4) is 0 Å². The van der Waals surface area contributed by atoms with Crippen LogP contribution in [0.4, 0.5) is 28.4 Å². The molecule has 5 heteroatoms. The van der Waals surface area contributed by atoms with E-state index in [0.717, 1.165) is 12.0 Å². The fourth-order valence-corrected chi connectivity index (χ4v) is 22.4. The monoisotopic (exact) mass is 1170 g/mol. The zero-order valence-electron chi connectivity index (χ0n) is 56.3. The lowest BCUT2D eigenvalue weighted by Gasteiger charge is -2.58. The Morgan fingerprint density at radius 1 is 0.494 bits per heavy atom. The molecule has 17 rings (SSSR count). The Morgan fingerprint density at radius 3 is 1.71 bits per heavy atom. The number of rotatable bonds is 1. The van der Waals surface area contributed by atoms with Gasteiger partial charge in [0.15, 0.2) is 0 Å². The Bertz CT molecular complexity index is 4430. The highest BCUT2D eigenvalue weighted by molar-refractivity contribution is 7.33. The molecule has 6 aromatic carbocycles. The van der Waals surface area contributed by atoms with Crippen LogP contribution in [0.15, 0.2) is 89.3 Å². The second-order valence-corrected chi connectivity index (χ2v) is 36.7. The van der Waals surface area contributed by atoms with Crippen LogP contribution in [0, 0.1) is 19.8 Å². The Kier molecular flexibility index (Phi) is 10.7. The van der Waals surface area contributed by atoms with Gasteiger partial charge in [-0.25, -0.2) is 0 Å². The summed E-state index contributed by atoms with van der Waals surface area (Å²) in [5.41, 5.74) is 31.5. The highest BCUT2D eigenvalue weighted by atomic mass is 32.1. The standard InChI is InChI=1S/C82H95BN2OS/c1-45-34-46(2)69-62(35-45)81(18)25-24-48-44-82(81,19)85(69)50-37-53-66(47-20-22-55-61(36-47)80(48,17)33-32-74(55,5)6)67-51-40-57-59(78(13,14)30-28-76(57,9)10)42-64(51)86-71(67)83-68(53)63(39-50)84(49-21-23-54-56(38-49)75(7,8)27-26-73(54,3)4)70-52-41-58-60(43-65(52)87-72(70)83)79(15,16)31-29-77(58,11)12/h20-23,34-43,48,66H,24-33,44H2,1-19H3. The second-order valence-electron chi connectivity index (χ2n) is 35.7. The second kappa shape index (κ2) is 16.7. The molecule has 87 heavy (non-hydrogen) atoms. The Balaban J connectivity index is 1.07. The quantitative estimate of drug-likeness (QED) is 0.153. The molecule has 6 heterocycles. The average Bonchev–Trinajstić information content (AvgIpc) is 1.60. The minimum Gasteiger partial charge on any atom is -0.470 e. The lowest BCUT2D eigenvalue weighted by molar-refractivity contribution is 0.0839. The third-order valence-electron chi connectivity index (χ3n) is 27.3. The van der Waals surface area contributed by atoms with E-state index in [1.165, 1.54) is 185 Å². The Hall–Kier alpha value is -5.52. The molecule has 5 aliphatic carbocycles. The third-order valence-corrected chi connectivity index (χ3v) is 28.5. The molecule has 0 amide bonds. The van der Waals surface area contributed by atoms with Gasteiger partial charge in [-0.3, -0.25) is 0 Å². The SMILES string of the molecule is Cc1cc(C)c2c(c1)C1(C)CCC3CC1(C)N2c1cc2c4c(c1)N(c1ccc5c(c1)C(C)(C)CCC5(C)C)c1c(sc5cc6c(cc15)C(C)(C)CCC6(C)C)B4c1oc4cc5c(cc4c1C2c1ccc2c(c1)C3(C)CCC2(C)C)C(C)(C)CCC5(C)C. The van der Waals surface area contributed by atoms with E-state index in [-0.39, 0.29) is 66.9 Å². The summed E-state index contributed by atoms with van der Waals surface area (Å²) in [4.78, 5) is 5.86. The Labute approximate surface area is 525 Å². The molecule has 0 N–H and O–H groups in total. The minimum absolute atomic E-state index is 0.00991. The molecule has 5 atom stereocenters. The molecular weight excluding hydrogens is 1070 g/mol. The van der Waals surface area contributed by atoms with Crippen molar-refractivity contribution < 1.29 is 4.42 Å². The fraction of sp³-hybridized carbons (Fsp3) is 0.512. The summed E-state index contributed by atoms with van der Waals surface area (Å²) in [6.45, 7) is 48.0. The van der Waals surface area contributed by atoms with Crippen LogP contribution >= 0.6 is 11.3 Å². The van der Waals surface area contributed by atoms with E-state index in [1.54, 1.807) is 16.7 Å². The molecule has 0 saturated heterocycles. The first-order chi connectivity index (χ1) is 40.7. The van der Waals surface area contributed by atoms with Gasteiger partial charge in [0, 0.05) is 59.9 Å². The van der Waals surface area contributed by atoms with Crippen molar-refractivity contribution in [2.24, 2.45) is 5.92 Å². The van der Waals surface area contributed by atoms with Gasteiger partial charge in [-0.15, -0.1) is 11.3 Å². The number of aryl methyl sites for hydroxylation is 2. The highest BCUT2D eigenvalue weighted by Crippen LogP contribution is 2.67. The van der Waals surface area contributed by atoms with Crippen molar-refractivity contribution in [2.45, 2.75) is 262 Å². The van der Waals surface area contributed by atoms with Crippen molar-refractivity contribution in [3.63, 3.8) is 0 Å². The van der Waals surface area contributed by atoms with Gasteiger partial charge in [-0.2, -0.15) is 0 Å². The number of hydrogen-bond donors (Lipinski definition) is 0. The molecule has 1 fully saturated rings. The van der Waals surface area contributed by atoms with Crippen LogP contribution < -0.4 is 25.7 Å². The first kappa shape index (κ1) is 55.5. The first-order valence-corrected chi connectivity index (χ1v) is 34.9. The van der Waals surface area contributed by atoms with Gasteiger partial charge in [-0.1, -0.05) is 153 Å². The van der Waals surface area contributed by atoms with E-state index in [4.69, 9.17) is 4.42 Å². The Morgan fingerprint density at radius 2 is 1.06 bits per heavy atom. The van der Waals surface area contributed by atoms with Gasteiger partial charge in [0.2, 0.25) is 0 Å². The average molecular weight is 1170 g/mol. The maximum absolute atomic E-state index is 8.07. The highest BCUT2D eigenvalue weighted by Gasteiger charge is 2.63. The lowest BCUT2D eigenvalue weighted by atomic mass is 9.35. The molecule has 9 aliphatic rings. The predicted octanol–water partition coefficient (Wildman–Crippen LogP) is 20.4. The molecule has 448 valence electrons. The number of anilines is 5. The van der Waals surface area contributed by atoms with E-state index in [0.29, 0.717) is 5.92 Å². The summed E-state index contributed by atoms with van der Waals surface area (Å²) in [5, 5.41) is 2.72. The van der Waals surface area contributed by atoms with Gasteiger partial charge in [0.1, 0.15) is 5.58 Å². The molecule has 0 spiro atoms. The molecule has 5 unspecified atom stereocenters. The van der Waals surface area contributed by atoms with E-state index < -0.39 is 0 Å². The van der Waals surface area contributed by atoms with Crippen molar-refractivity contribution >= 4 is 83.4 Å². The number of nitrogens with zero attached hydrogens (tertiary/aromatic N) is 2. The number of thiophene rings is 1. The van der Waals surface area contributed by atoms with Crippen molar-refractivity contribution in [1.29, 1.82) is 0 Å². The molecule has 1 saturated carbocycles. The third kappa shape index (κ3) is 6.98. The lowest BCUT2D eigenvalue weighted by Crippen LogP contribution is -2.61. The molecule has 4 aliphatic heterocycles. The number of furan rings is 1. The van der Waals surface area contributed by atoms with Gasteiger partial charge >= 0.3 is 6.71 Å². The first-order valence-electron chi connectivity index (χ1n) is 34.1. The van der Waals surface area contributed by atoms with Gasteiger partial charge in [-0.05, 0) is 261 Å². The zero-order valence-corrected chi connectivity index (χ0v) is 57.1. The summed E-state index contributed by atoms with van der Waals surface area (Å²) in [6.07, 6.45) is 13.0. The van der Waals surface area contributed by atoms with Gasteiger partial charge < -0.3 is 14.2 Å². The van der Waals surface area contributed by atoms with E-state index >= 15 is 0 Å². The van der Waals surface area contributed by atoms with Crippen LogP contribution in [-0.4, -0.2) is 12.3 Å². The largest absolute Gasteiger partial charge is 0.470 e. The van der Waals surface area contributed by atoms with Crippen LogP contribution in [0.3, 0.4) is 0 Å². The van der Waals surface area contributed by atoms with Gasteiger partial charge in [0.25, 0.3) is 0 Å². The van der Waals surface area contributed by atoms with Crippen LogP contribution in [0.1, 0.15) is 272 Å². The van der Waals surface area contributed by atoms with E-state index in [2.05, 4.69) is 238 Å². The number of fused-ring (bicyclic) bond motifs is 21. The molecule has 6 bridgehead atoms. The topological polar surface area (TPSA) is 19.6 Å². The summed E-state index contributed by atoms with van der Waals surface area (Å²) in [5.74, 6) is 0.436. The normalized spacial score (nSPS) is 28.6. The summed E-state index contributed by atoms with van der Waals surface area (Å²) in [6, 6.07) is 37.2. The van der Waals surface area contributed by atoms with Crippen LogP contribution in [-0.2, 0) is 48.7 Å². The van der Waals surface area contributed by atoms with Crippen LogP contribution in [0.5, 0.6) is 0 Å². The van der Waals surface area contributed by atoms with Crippen LogP contribution in [0.2, 0.25) is 0 Å². The van der Waals surface area contributed by atoms with Crippen molar-refractivity contribution in [1.82, 2.24) is 0 Å². The minimum atomic E-state index is -0.210. The maximum Gasteiger partial charge on any atom is 0.305 e. The van der Waals surface area contributed by atoms with Gasteiger partial charge in [0.05, 0.1) is 16.9 Å². The molecule has 2 aromatic heterocycles. The summed E-state index contributed by atoms with van der Waals surface area (Å²) < 4.78 is 10.9. The molecular formula is C82H95BN2OS.